The minimum Gasteiger partial charge on any atom is -0.459 e. The molecule has 1 aliphatic rings. The van der Waals surface area contributed by atoms with E-state index in [1.165, 1.54) is 6.26 Å². The lowest BCUT2D eigenvalue weighted by Crippen LogP contribution is -2.37. The highest BCUT2D eigenvalue weighted by Gasteiger charge is 2.26. The zero-order valence-corrected chi connectivity index (χ0v) is 14.0. The summed E-state index contributed by atoms with van der Waals surface area (Å²) in [6.45, 7) is 2.20. The Morgan fingerprint density at radius 3 is 2.56 bits per heavy atom. The van der Waals surface area contributed by atoms with Crippen LogP contribution in [-0.2, 0) is 7.05 Å². The van der Waals surface area contributed by atoms with E-state index in [0.717, 1.165) is 12.1 Å². The van der Waals surface area contributed by atoms with Crippen LogP contribution in [0.5, 0.6) is 0 Å². The number of rotatable bonds is 2. The molecule has 2 amide bonds. The smallest absolute Gasteiger partial charge is 0.289 e. The fraction of sp³-hybridized carbons (Fsp3) is 0.353. The van der Waals surface area contributed by atoms with Gasteiger partial charge in [-0.1, -0.05) is 0 Å². The predicted molar refractivity (Wildman–Crippen MR) is 89.3 cm³/mol. The number of aryl methyl sites for hydroxylation is 1. The van der Waals surface area contributed by atoms with Gasteiger partial charge in [-0.15, -0.1) is 0 Å². The maximum Gasteiger partial charge on any atom is 0.289 e. The highest BCUT2D eigenvalue weighted by molar-refractivity contribution is 6.00. The Kier molecular flexibility index (Phi) is 3.79. The van der Waals surface area contributed by atoms with Crippen molar-refractivity contribution in [1.29, 1.82) is 0 Å². The van der Waals surface area contributed by atoms with Gasteiger partial charge in [-0.05, 0) is 18.6 Å². The van der Waals surface area contributed by atoms with Crippen molar-refractivity contribution in [1.82, 2.24) is 24.0 Å². The minimum absolute atomic E-state index is 0.0518. The Bertz CT molecular complexity index is 908. The molecule has 4 heterocycles. The van der Waals surface area contributed by atoms with E-state index in [9.17, 15) is 9.59 Å². The van der Waals surface area contributed by atoms with Gasteiger partial charge in [0, 0.05) is 45.6 Å². The lowest BCUT2D eigenvalue weighted by atomic mass is 10.2. The summed E-state index contributed by atoms with van der Waals surface area (Å²) in [5.41, 5.74) is 1.36. The molecule has 25 heavy (non-hydrogen) atoms. The highest BCUT2D eigenvalue weighted by atomic mass is 16.3. The third-order valence-electron chi connectivity index (χ3n) is 4.57. The summed E-state index contributed by atoms with van der Waals surface area (Å²) in [6.07, 6.45) is 7.51. The molecule has 0 saturated carbocycles. The third kappa shape index (κ3) is 2.69. The highest BCUT2D eigenvalue weighted by Crippen LogP contribution is 2.16. The molecule has 3 aromatic heterocycles. The molecule has 1 aliphatic heterocycles. The molecule has 0 bridgehead atoms. The van der Waals surface area contributed by atoms with Crippen LogP contribution in [0.25, 0.3) is 5.65 Å². The number of imidazole rings is 1. The fourth-order valence-electron chi connectivity index (χ4n) is 3.25. The standard InChI is InChI=1S/C17H19N5O3/c1-19-7-10-22-15(19)13(12-18-22)16(23)20-5-3-6-21(9-8-20)17(24)14-4-2-11-25-14/h2,4,7,10-12H,3,5-6,8-9H2,1H3. The van der Waals surface area contributed by atoms with Gasteiger partial charge < -0.3 is 18.8 Å². The Labute approximate surface area is 144 Å². The molecule has 8 nitrogen and oxygen atoms in total. The average molecular weight is 341 g/mol. The number of furan rings is 1. The van der Waals surface area contributed by atoms with Crippen molar-refractivity contribution in [3.8, 4) is 0 Å². The number of hydrogen-bond donors (Lipinski definition) is 0. The van der Waals surface area contributed by atoms with Crippen molar-refractivity contribution in [2.75, 3.05) is 26.2 Å². The van der Waals surface area contributed by atoms with E-state index in [1.54, 1.807) is 32.6 Å². The molecular formula is C17H19N5O3. The Balaban J connectivity index is 1.50. The molecule has 0 aromatic carbocycles. The van der Waals surface area contributed by atoms with Crippen molar-refractivity contribution < 1.29 is 14.0 Å². The lowest BCUT2D eigenvalue weighted by molar-refractivity contribution is 0.0700. The van der Waals surface area contributed by atoms with Crippen LogP contribution >= 0.6 is 0 Å². The summed E-state index contributed by atoms with van der Waals surface area (Å²) in [6, 6.07) is 3.36. The van der Waals surface area contributed by atoms with Crippen LogP contribution < -0.4 is 0 Å². The largest absolute Gasteiger partial charge is 0.459 e. The van der Waals surface area contributed by atoms with Crippen LogP contribution in [0.15, 0.2) is 41.4 Å². The van der Waals surface area contributed by atoms with Gasteiger partial charge in [0.15, 0.2) is 5.76 Å². The molecule has 0 N–H and O–H groups in total. The van der Waals surface area contributed by atoms with E-state index in [4.69, 9.17) is 4.42 Å². The number of hydrogen-bond acceptors (Lipinski definition) is 4. The summed E-state index contributed by atoms with van der Waals surface area (Å²) in [4.78, 5) is 28.9. The van der Waals surface area contributed by atoms with Gasteiger partial charge in [-0.25, -0.2) is 4.52 Å². The average Bonchev–Trinajstić information content (AvgIpc) is 3.31. The first-order valence-electron chi connectivity index (χ1n) is 8.26. The lowest BCUT2D eigenvalue weighted by Gasteiger charge is -2.21. The maximum absolute atomic E-state index is 12.9. The molecule has 4 rings (SSSR count). The summed E-state index contributed by atoms with van der Waals surface area (Å²) in [5.74, 6) is 0.153. The first-order chi connectivity index (χ1) is 12.1. The van der Waals surface area contributed by atoms with E-state index in [0.29, 0.717) is 37.5 Å². The Hall–Kier alpha value is -3.03. The van der Waals surface area contributed by atoms with Crippen molar-refractivity contribution >= 4 is 17.5 Å². The van der Waals surface area contributed by atoms with Crippen LogP contribution in [0.3, 0.4) is 0 Å². The minimum atomic E-state index is -0.130. The van der Waals surface area contributed by atoms with Crippen LogP contribution in [0, 0.1) is 0 Å². The quantitative estimate of drug-likeness (QED) is 0.703. The molecule has 8 heteroatoms. The number of carbonyl (C=O) groups excluding carboxylic acids is 2. The second kappa shape index (κ2) is 6.12. The zero-order chi connectivity index (χ0) is 17.4. The molecule has 1 saturated heterocycles. The number of nitrogens with zero attached hydrogens (tertiary/aromatic N) is 5. The van der Waals surface area contributed by atoms with Crippen LogP contribution in [-0.4, -0.2) is 62.0 Å². The molecule has 0 radical (unpaired) electrons. The second-order valence-electron chi connectivity index (χ2n) is 6.15. The van der Waals surface area contributed by atoms with Gasteiger partial charge >= 0.3 is 0 Å². The Morgan fingerprint density at radius 2 is 1.84 bits per heavy atom. The first kappa shape index (κ1) is 15.5. The molecular weight excluding hydrogens is 322 g/mol. The second-order valence-corrected chi connectivity index (χ2v) is 6.15. The normalized spacial score (nSPS) is 15.6. The van der Waals surface area contributed by atoms with E-state index >= 15 is 0 Å². The summed E-state index contributed by atoms with van der Waals surface area (Å²) >= 11 is 0. The summed E-state index contributed by atoms with van der Waals surface area (Å²) < 4.78 is 8.76. The van der Waals surface area contributed by atoms with Crippen molar-refractivity contribution in [3.63, 3.8) is 0 Å². The van der Waals surface area contributed by atoms with E-state index in [1.807, 2.05) is 24.0 Å². The van der Waals surface area contributed by atoms with Crippen LogP contribution in [0.1, 0.15) is 27.3 Å². The Morgan fingerprint density at radius 1 is 1.08 bits per heavy atom. The summed E-state index contributed by atoms with van der Waals surface area (Å²) in [5, 5.41) is 4.23. The topological polar surface area (TPSA) is 76.0 Å². The van der Waals surface area contributed by atoms with Crippen molar-refractivity contribution in [2.24, 2.45) is 7.05 Å². The molecule has 0 spiro atoms. The molecule has 130 valence electrons. The number of amides is 2. The van der Waals surface area contributed by atoms with E-state index in [-0.39, 0.29) is 11.8 Å². The van der Waals surface area contributed by atoms with Crippen LogP contribution in [0.2, 0.25) is 0 Å². The van der Waals surface area contributed by atoms with Gasteiger partial charge in [-0.3, -0.25) is 9.59 Å². The predicted octanol–water partition coefficient (Wildman–Crippen LogP) is 1.25. The number of aromatic nitrogens is 3. The van der Waals surface area contributed by atoms with Gasteiger partial charge in [0.25, 0.3) is 11.8 Å². The fourth-order valence-corrected chi connectivity index (χ4v) is 3.25. The number of fused-ring (bicyclic) bond motifs is 1. The summed E-state index contributed by atoms with van der Waals surface area (Å²) in [7, 11) is 1.89. The van der Waals surface area contributed by atoms with E-state index < -0.39 is 0 Å². The molecule has 0 unspecified atom stereocenters. The van der Waals surface area contributed by atoms with Gasteiger partial charge in [0.1, 0.15) is 11.2 Å². The molecule has 0 atom stereocenters. The molecule has 1 fully saturated rings. The van der Waals surface area contributed by atoms with E-state index in [2.05, 4.69) is 5.10 Å². The molecule has 0 aliphatic carbocycles. The van der Waals surface area contributed by atoms with Gasteiger partial charge in [0.2, 0.25) is 0 Å². The van der Waals surface area contributed by atoms with Gasteiger partial charge in [0.05, 0.1) is 12.5 Å². The van der Waals surface area contributed by atoms with Crippen molar-refractivity contribution in [3.05, 3.63) is 48.3 Å². The first-order valence-corrected chi connectivity index (χ1v) is 8.26. The number of carbonyl (C=O) groups is 2. The van der Waals surface area contributed by atoms with Gasteiger partial charge in [-0.2, -0.15) is 5.10 Å². The third-order valence-corrected chi connectivity index (χ3v) is 4.57. The zero-order valence-electron chi connectivity index (χ0n) is 14.0. The molecule has 3 aromatic rings. The maximum atomic E-state index is 12.9. The van der Waals surface area contributed by atoms with Crippen molar-refractivity contribution in [2.45, 2.75) is 6.42 Å². The monoisotopic (exact) mass is 341 g/mol. The SMILES string of the molecule is Cn1ccn2ncc(C(=O)N3CCCN(C(=O)c4ccco4)CC3)c12. The van der Waals surface area contributed by atoms with Crippen LogP contribution in [0.4, 0.5) is 0 Å².